The number of rotatable bonds is 8. The van der Waals surface area contributed by atoms with Crippen LogP contribution in [0.25, 0.3) is 0 Å². The normalized spacial score (nSPS) is 21.7. The van der Waals surface area contributed by atoms with Crippen molar-refractivity contribution in [3.63, 3.8) is 0 Å². The minimum atomic E-state index is -0.950. The number of likely N-dealkylation sites (N-methyl/N-ethyl adjacent to an activating group) is 1. The lowest BCUT2D eigenvalue weighted by atomic mass is 9.82. The molecule has 1 saturated heterocycles. The molecule has 2 N–H and O–H groups in total. The first kappa shape index (κ1) is 19.8. The topological polar surface area (TPSA) is 129 Å². The van der Waals surface area contributed by atoms with Gasteiger partial charge < -0.3 is 24.6 Å². The molecule has 0 saturated carbocycles. The van der Waals surface area contributed by atoms with E-state index < -0.39 is 23.6 Å². The molecule has 3 amide bonds. The highest BCUT2D eigenvalue weighted by Gasteiger charge is 2.55. The number of hydrogen-bond acceptors (Lipinski definition) is 7. The monoisotopic (exact) mass is 367 g/mol. The van der Waals surface area contributed by atoms with Crippen molar-refractivity contribution in [2.45, 2.75) is 51.3 Å². The molecule has 26 heavy (non-hydrogen) atoms. The summed E-state index contributed by atoms with van der Waals surface area (Å²) in [6, 6.07) is -0.860. The maximum absolute atomic E-state index is 12.7. The molecule has 3 atom stereocenters. The molecular formula is C16H25N5O5. The summed E-state index contributed by atoms with van der Waals surface area (Å²) in [6.07, 6.45) is 1.43. The minimum Gasteiger partial charge on any atom is -0.426 e. The maximum Gasteiger partial charge on any atom is 0.250 e. The van der Waals surface area contributed by atoms with Gasteiger partial charge in [-0.15, -0.1) is 10.2 Å². The molecule has 0 aliphatic carbocycles. The van der Waals surface area contributed by atoms with Crippen molar-refractivity contribution in [3.8, 4) is 0 Å². The van der Waals surface area contributed by atoms with E-state index in [1.165, 1.54) is 23.6 Å². The SMILES string of the molecule is CCCC1(N(C)C(C)=O)CN(CC(=O)NC(c2nnco2)C(C)O)C1=O. The highest BCUT2D eigenvalue weighted by atomic mass is 16.4. The molecular weight excluding hydrogens is 342 g/mol. The molecule has 1 aliphatic rings. The van der Waals surface area contributed by atoms with Gasteiger partial charge in [-0.05, 0) is 13.3 Å². The first-order valence-electron chi connectivity index (χ1n) is 8.50. The highest BCUT2D eigenvalue weighted by molar-refractivity contribution is 5.98. The van der Waals surface area contributed by atoms with Crippen molar-refractivity contribution in [2.24, 2.45) is 0 Å². The van der Waals surface area contributed by atoms with E-state index in [1.54, 1.807) is 7.05 Å². The van der Waals surface area contributed by atoms with E-state index >= 15 is 0 Å². The van der Waals surface area contributed by atoms with Crippen LogP contribution in [0.1, 0.15) is 45.5 Å². The number of β-lactam (4-membered cyclic amide) rings is 1. The molecule has 0 aromatic carbocycles. The van der Waals surface area contributed by atoms with Crippen LogP contribution in [-0.2, 0) is 14.4 Å². The highest BCUT2D eigenvalue weighted by Crippen LogP contribution is 2.33. The van der Waals surface area contributed by atoms with Gasteiger partial charge in [-0.25, -0.2) is 0 Å². The summed E-state index contributed by atoms with van der Waals surface area (Å²) < 4.78 is 5.03. The molecule has 1 aromatic heterocycles. The van der Waals surface area contributed by atoms with Crippen molar-refractivity contribution in [3.05, 3.63) is 12.3 Å². The lowest BCUT2D eigenvalue weighted by Gasteiger charge is -2.53. The number of hydrogen-bond donors (Lipinski definition) is 2. The van der Waals surface area contributed by atoms with Gasteiger partial charge in [-0.3, -0.25) is 14.4 Å². The summed E-state index contributed by atoms with van der Waals surface area (Å²) in [4.78, 5) is 39.5. The summed E-state index contributed by atoms with van der Waals surface area (Å²) in [5.41, 5.74) is -0.878. The molecule has 2 heterocycles. The van der Waals surface area contributed by atoms with E-state index in [0.717, 1.165) is 12.8 Å². The van der Waals surface area contributed by atoms with E-state index in [1.807, 2.05) is 6.92 Å². The predicted molar refractivity (Wildman–Crippen MR) is 89.5 cm³/mol. The molecule has 1 fully saturated rings. The average molecular weight is 367 g/mol. The maximum atomic E-state index is 12.7. The Morgan fingerprint density at radius 1 is 1.54 bits per heavy atom. The number of nitrogens with one attached hydrogen (secondary N) is 1. The smallest absolute Gasteiger partial charge is 0.250 e. The molecule has 1 aliphatic heterocycles. The Morgan fingerprint density at radius 3 is 2.69 bits per heavy atom. The number of amides is 3. The van der Waals surface area contributed by atoms with Crippen LogP contribution in [-0.4, -0.2) is 74.6 Å². The molecule has 3 unspecified atom stereocenters. The molecule has 144 valence electrons. The minimum absolute atomic E-state index is 0.0833. The molecule has 0 spiro atoms. The fourth-order valence-corrected chi connectivity index (χ4v) is 3.20. The number of aliphatic hydroxyl groups excluding tert-OH is 1. The van der Waals surface area contributed by atoms with Gasteiger partial charge in [0.2, 0.25) is 24.1 Å². The van der Waals surface area contributed by atoms with Gasteiger partial charge in [-0.2, -0.15) is 0 Å². The molecule has 10 nitrogen and oxygen atoms in total. The van der Waals surface area contributed by atoms with Gasteiger partial charge in [-0.1, -0.05) is 13.3 Å². The van der Waals surface area contributed by atoms with Gasteiger partial charge in [0.1, 0.15) is 11.6 Å². The molecule has 10 heteroatoms. The van der Waals surface area contributed by atoms with E-state index in [2.05, 4.69) is 15.5 Å². The van der Waals surface area contributed by atoms with Crippen molar-refractivity contribution < 1.29 is 23.9 Å². The van der Waals surface area contributed by atoms with Crippen molar-refractivity contribution in [2.75, 3.05) is 20.1 Å². The number of aliphatic hydroxyl groups is 1. The second-order valence-corrected chi connectivity index (χ2v) is 6.58. The zero-order valence-corrected chi connectivity index (χ0v) is 15.4. The standard InChI is InChI=1S/C16H25N5O5/c1-5-6-16(20(4)11(3)23)8-21(15(16)25)7-12(24)18-13(10(2)22)14-19-17-9-26-14/h9-10,13,22H,5-8H2,1-4H3,(H,18,24). The van der Waals surface area contributed by atoms with Crippen LogP contribution >= 0.6 is 0 Å². The molecule has 0 radical (unpaired) electrons. The van der Waals surface area contributed by atoms with Crippen LogP contribution in [0.15, 0.2) is 10.8 Å². The Hall–Kier alpha value is -2.49. The number of likely N-dealkylation sites (tertiary alicyclic amines) is 1. The van der Waals surface area contributed by atoms with Crippen LogP contribution < -0.4 is 5.32 Å². The molecule has 2 rings (SSSR count). The van der Waals surface area contributed by atoms with Gasteiger partial charge in [0, 0.05) is 14.0 Å². The zero-order chi connectivity index (χ0) is 19.5. The number of carbonyl (C=O) groups excluding carboxylic acids is 3. The van der Waals surface area contributed by atoms with E-state index in [9.17, 15) is 19.5 Å². The number of aromatic nitrogens is 2. The van der Waals surface area contributed by atoms with Crippen LogP contribution in [0.2, 0.25) is 0 Å². The Bertz CT molecular complexity index is 662. The third-order valence-corrected chi connectivity index (χ3v) is 4.69. The fourth-order valence-electron chi connectivity index (χ4n) is 3.20. The van der Waals surface area contributed by atoms with Crippen molar-refractivity contribution in [1.82, 2.24) is 25.3 Å². The van der Waals surface area contributed by atoms with E-state index in [-0.39, 0.29) is 24.2 Å². The second kappa shape index (κ2) is 7.81. The Kier molecular flexibility index (Phi) is 5.96. The van der Waals surface area contributed by atoms with Crippen LogP contribution in [0.5, 0.6) is 0 Å². The third-order valence-electron chi connectivity index (χ3n) is 4.69. The van der Waals surface area contributed by atoms with Crippen LogP contribution in [0.4, 0.5) is 0 Å². The van der Waals surface area contributed by atoms with E-state index in [4.69, 9.17) is 4.42 Å². The Morgan fingerprint density at radius 2 is 2.23 bits per heavy atom. The van der Waals surface area contributed by atoms with Crippen LogP contribution in [0, 0.1) is 0 Å². The van der Waals surface area contributed by atoms with E-state index in [0.29, 0.717) is 13.0 Å². The summed E-state index contributed by atoms with van der Waals surface area (Å²) in [5.74, 6) is -0.821. The first-order chi connectivity index (χ1) is 12.2. The van der Waals surface area contributed by atoms with Crippen LogP contribution in [0.3, 0.4) is 0 Å². The summed E-state index contributed by atoms with van der Waals surface area (Å²) in [7, 11) is 1.60. The van der Waals surface area contributed by atoms with Crippen molar-refractivity contribution in [1.29, 1.82) is 0 Å². The number of carbonyl (C=O) groups is 3. The quantitative estimate of drug-likeness (QED) is 0.591. The fraction of sp³-hybridized carbons (Fsp3) is 0.688. The largest absolute Gasteiger partial charge is 0.426 e. The Labute approximate surface area is 151 Å². The second-order valence-electron chi connectivity index (χ2n) is 6.58. The van der Waals surface area contributed by atoms with Gasteiger partial charge in [0.05, 0.1) is 19.2 Å². The number of nitrogens with zero attached hydrogens (tertiary/aromatic N) is 4. The summed E-state index contributed by atoms with van der Waals surface area (Å²) in [6.45, 7) is 4.96. The first-order valence-corrected chi connectivity index (χ1v) is 8.50. The van der Waals surface area contributed by atoms with Gasteiger partial charge in [0.25, 0.3) is 5.91 Å². The predicted octanol–water partition coefficient (Wildman–Crippen LogP) is -0.533. The molecule has 1 aromatic rings. The van der Waals surface area contributed by atoms with Gasteiger partial charge >= 0.3 is 0 Å². The summed E-state index contributed by atoms with van der Waals surface area (Å²) in [5, 5.41) is 19.6. The average Bonchev–Trinajstić information content (AvgIpc) is 3.11. The van der Waals surface area contributed by atoms with Crippen molar-refractivity contribution >= 4 is 17.7 Å². The summed E-state index contributed by atoms with van der Waals surface area (Å²) >= 11 is 0. The Balaban J connectivity index is 2.00. The lowest BCUT2D eigenvalue weighted by Crippen LogP contribution is -2.74. The zero-order valence-electron chi connectivity index (χ0n) is 15.4. The third kappa shape index (κ3) is 3.69. The van der Waals surface area contributed by atoms with Gasteiger partial charge in [0.15, 0.2) is 0 Å². The molecule has 0 bridgehead atoms. The lowest BCUT2D eigenvalue weighted by molar-refractivity contribution is -0.171.